The number of rotatable bonds is 56. The lowest BCUT2D eigenvalue weighted by molar-refractivity contribution is -0.167. The fourth-order valence-electron chi connectivity index (χ4n) is 9.02. The number of hydrogen-bond donors (Lipinski definition) is 0. The topological polar surface area (TPSA) is 78.9 Å². The van der Waals surface area contributed by atoms with Crippen molar-refractivity contribution in [3.63, 3.8) is 0 Å². The number of ether oxygens (including phenoxy) is 3. The highest BCUT2D eigenvalue weighted by Crippen LogP contribution is 2.17. The van der Waals surface area contributed by atoms with Crippen molar-refractivity contribution in [1.29, 1.82) is 0 Å². The second kappa shape index (κ2) is 58.9. The molecule has 6 nitrogen and oxygen atoms in total. The fraction of sp³-hybridized carbons (Fsp3) is 0.828. The standard InChI is InChI=1S/C64H116O6/c1-4-7-10-13-16-19-21-23-25-27-28-29-30-31-32-33-34-35-36-37-39-40-42-45-48-51-54-57-63(66)69-60-61(59-68-62(65)56-53-50-47-44-18-15-12-9-6-3)70-64(67)58-55-52-49-46-43-41-38-26-24-22-20-17-14-11-8-5-2/h7,10,16,19,23,25,28-29,61H,4-6,8-9,11-15,17-18,20-22,24,26-27,30-60H2,1-3H3/b10-7-,19-16-,25-23-,29-28-. The lowest BCUT2D eigenvalue weighted by atomic mass is 10.0. The maximum absolute atomic E-state index is 12.8. The molecular formula is C64H116O6. The van der Waals surface area contributed by atoms with E-state index in [0.29, 0.717) is 19.3 Å². The highest BCUT2D eigenvalue weighted by atomic mass is 16.6. The van der Waals surface area contributed by atoms with E-state index >= 15 is 0 Å². The van der Waals surface area contributed by atoms with Gasteiger partial charge in [0.1, 0.15) is 13.2 Å². The van der Waals surface area contributed by atoms with E-state index in [4.69, 9.17) is 14.2 Å². The number of unbranched alkanes of at least 4 members (excludes halogenated alkanes) is 37. The van der Waals surface area contributed by atoms with Crippen molar-refractivity contribution in [2.24, 2.45) is 0 Å². The smallest absolute Gasteiger partial charge is 0.306 e. The third kappa shape index (κ3) is 56.3. The Morgan fingerprint density at radius 2 is 0.557 bits per heavy atom. The number of carbonyl (C=O) groups excluding carboxylic acids is 3. The van der Waals surface area contributed by atoms with Gasteiger partial charge in [0.2, 0.25) is 0 Å². The predicted octanol–water partition coefficient (Wildman–Crippen LogP) is 20.6. The third-order valence-corrected chi connectivity index (χ3v) is 13.6. The summed E-state index contributed by atoms with van der Waals surface area (Å²) in [6, 6.07) is 0. The monoisotopic (exact) mass is 981 g/mol. The Hall–Kier alpha value is -2.63. The molecule has 0 heterocycles. The zero-order chi connectivity index (χ0) is 50.7. The summed E-state index contributed by atoms with van der Waals surface area (Å²) < 4.78 is 16.9. The molecule has 0 aromatic carbocycles. The van der Waals surface area contributed by atoms with Gasteiger partial charge in [0.15, 0.2) is 6.10 Å². The van der Waals surface area contributed by atoms with Crippen LogP contribution in [0.3, 0.4) is 0 Å². The quantitative estimate of drug-likeness (QED) is 0.0261. The maximum Gasteiger partial charge on any atom is 0.306 e. The Kier molecular flexibility index (Phi) is 56.7. The van der Waals surface area contributed by atoms with E-state index < -0.39 is 6.10 Å². The first-order valence-electron chi connectivity index (χ1n) is 30.6. The fourth-order valence-corrected chi connectivity index (χ4v) is 9.02. The van der Waals surface area contributed by atoms with Gasteiger partial charge in [-0.3, -0.25) is 14.4 Å². The van der Waals surface area contributed by atoms with Crippen LogP contribution in [0.4, 0.5) is 0 Å². The van der Waals surface area contributed by atoms with Crippen LogP contribution in [0, 0.1) is 0 Å². The summed E-state index contributed by atoms with van der Waals surface area (Å²) in [4.78, 5) is 38.1. The van der Waals surface area contributed by atoms with Crippen LogP contribution in [0.1, 0.15) is 323 Å². The molecule has 0 aromatic heterocycles. The molecule has 0 rings (SSSR count). The minimum absolute atomic E-state index is 0.0675. The second-order valence-corrected chi connectivity index (χ2v) is 20.6. The highest BCUT2D eigenvalue weighted by Gasteiger charge is 2.19. The summed E-state index contributed by atoms with van der Waals surface area (Å²) in [7, 11) is 0. The summed E-state index contributed by atoms with van der Waals surface area (Å²) in [6.45, 7) is 6.55. The molecule has 0 radical (unpaired) electrons. The number of esters is 3. The van der Waals surface area contributed by atoms with Crippen molar-refractivity contribution in [1.82, 2.24) is 0 Å². The molecule has 1 atom stereocenters. The molecule has 0 aliphatic carbocycles. The van der Waals surface area contributed by atoms with Crippen LogP contribution in [-0.4, -0.2) is 37.2 Å². The van der Waals surface area contributed by atoms with Crippen LogP contribution >= 0.6 is 0 Å². The first kappa shape index (κ1) is 67.4. The van der Waals surface area contributed by atoms with E-state index in [9.17, 15) is 14.4 Å². The van der Waals surface area contributed by atoms with E-state index in [2.05, 4.69) is 69.4 Å². The van der Waals surface area contributed by atoms with Crippen molar-refractivity contribution >= 4 is 17.9 Å². The molecule has 1 unspecified atom stereocenters. The SMILES string of the molecule is CC/C=C\C/C=C\C/C=C\C/C=C\CCCCCCCCCCCCCCCCC(=O)OCC(COC(=O)CCCCCCCCCCC)OC(=O)CCCCCCCCCCCCCCCCCC. The Morgan fingerprint density at radius 3 is 0.871 bits per heavy atom. The first-order chi connectivity index (χ1) is 34.5. The van der Waals surface area contributed by atoms with Crippen molar-refractivity contribution in [2.45, 2.75) is 329 Å². The van der Waals surface area contributed by atoms with E-state index in [1.807, 2.05) is 0 Å². The highest BCUT2D eigenvalue weighted by molar-refractivity contribution is 5.71. The molecule has 0 bridgehead atoms. The summed E-state index contributed by atoms with van der Waals surface area (Å²) in [5, 5.41) is 0. The van der Waals surface area contributed by atoms with Gasteiger partial charge in [0, 0.05) is 19.3 Å². The summed E-state index contributed by atoms with van der Waals surface area (Å²) in [6.07, 6.45) is 72.7. The van der Waals surface area contributed by atoms with Crippen molar-refractivity contribution < 1.29 is 28.6 Å². The normalized spacial score (nSPS) is 12.3. The first-order valence-corrected chi connectivity index (χ1v) is 30.6. The molecular weight excluding hydrogens is 865 g/mol. The van der Waals surface area contributed by atoms with Crippen LogP contribution < -0.4 is 0 Å². The molecule has 408 valence electrons. The van der Waals surface area contributed by atoms with Gasteiger partial charge in [0.05, 0.1) is 0 Å². The van der Waals surface area contributed by atoms with Gasteiger partial charge < -0.3 is 14.2 Å². The zero-order valence-corrected chi connectivity index (χ0v) is 46.8. The van der Waals surface area contributed by atoms with Gasteiger partial charge in [-0.25, -0.2) is 0 Å². The molecule has 0 amide bonds. The summed E-state index contributed by atoms with van der Waals surface area (Å²) in [5.74, 6) is -0.851. The average Bonchev–Trinajstić information content (AvgIpc) is 3.36. The van der Waals surface area contributed by atoms with Gasteiger partial charge in [-0.2, -0.15) is 0 Å². The number of hydrogen-bond acceptors (Lipinski definition) is 6. The van der Waals surface area contributed by atoms with E-state index in [0.717, 1.165) is 83.5 Å². The Morgan fingerprint density at radius 1 is 0.300 bits per heavy atom. The number of carbonyl (C=O) groups is 3. The van der Waals surface area contributed by atoms with Gasteiger partial charge in [-0.15, -0.1) is 0 Å². The second-order valence-electron chi connectivity index (χ2n) is 20.6. The van der Waals surface area contributed by atoms with E-state index in [1.165, 1.54) is 199 Å². The van der Waals surface area contributed by atoms with Crippen molar-refractivity contribution in [2.75, 3.05) is 13.2 Å². The minimum Gasteiger partial charge on any atom is -0.462 e. The molecule has 6 heteroatoms. The molecule has 0 saturated carbocycles. The largest absolute Gasteiger partial charge is 0.462 e. The van der Waals surface area contributed by atoms with Gasteiger partial charge in [-0.05, 0) is 57.8 Å². The van der Waals surface area contributed by atoms with Crippen LogP contribution in [0.2, 0.25) is 0 Å². The molecule has 0 saturated heterocycles. The average molecular weight is 982 g/mol. The molecule has 0 N–H and O–H groups in total. The van der Waals surface area contributed by atoms with Crippen LogP contribution in [0.25, 0.3) is 0 Å². The third-order valence-electron chi connectivity index (χ3n) is 13.6. The van der Waals surface area contributed by atoms with E-state index in [-0.39, 0.29) is 31.1 Å². The zero-order valence-electron chi connectivity index (χ0n) is 46.8. The van der Waals surface area contributed by atoms with Gasteiger partial charge in [0.25, 0.3) is 0 Å². The Balaban J connectivity index is 4.14. The van der Waals surface area contributed by atoms with E-state index in [1.54, 1.807) is 0 Å². The predicted molar refractivity (Wildman–Crippen MR) is 302 cm³/mol. The maximum atomic E-state index is 12.8. The summed E-state index contributed by atoms with van der Waals surface area (Å²) >= 11 is 0. The minimum atomic E-state index is -0.767. The molecule has 0 spiro atoms. The molecule has 70 heavy (non-hydrogen) atoms. The molecule has 0 aliphatic rings. The number of allylic oxidation sites excluding steroid dienone is 8. The summed E-state index contributed by atoms with van der Waals surface area (Å²) in [5.41, 5.74) is 0. The lowest BCUT2D eigenvalue weighted by Crippen LogP contribution is -2.30. The van der Waals surface area contributed by atoms with Gasteiger partial charge in [-0.1, -0.05) is 294 Å². The molecule has 0 aromatic rings. The Labute approximate surface area is 435 Å². The molecule has 0 fully saturated rings. The van der Waals surface area contributed by atoms with Crippen LogP contribution in [-0.2, 0) is 28.6 Å². The van der Waals surface area contributed by atoms with Crippen LogP contribution in [0.5, 0.6) is 0 Å². The van der Waals surface area contributed by atoms with Crippen molar-refractivity contribution in [3.05, 3.63) is 48.6 Å². The lowest BCUT2D eigenvalue weighted by Gasteiger charge is -2.18. The van der Waals surface area contributed by atoms with Crippen LogP contribution in [0.15, 0.2) is 48.6 Å². The van der Waals surface area contributed by atoms with Gasteiger partial charge >= 0.3 is 17.9 Å². The molecule has 0 aliphatic heterocycles. The Bertz CT molecular complexity index is 1220. The van der Waals surface area contributed by atoms with Crippen molar-refractivity contribution in [3.8, 4) is 0 Å².